The van der Waals surface area contributed by atoms with Crippen LogP contribution in [0, 0.1) is 11.6 Å². The molecule has 0 saturated carbocycles. The standard InChI is InChI=1S/C9H7F2N3/c10-6-3-7(11)5-8(4-6)14-2-1-9(12)13-14/h1-5H,(H2,12,13). The van der Waals surface area contributed by atoms with Gasteiger partial charge in [0.15, 0.2) is 0 Å². The lowest BCUT2D eigenvalue weighted by Crippen LogP contribution is -1.97. The Labute approximate surface area is 78.8 Å². The minimum Gasteiger partial charge on any atom is -0.382 e. The van der Waals surface area contributed by atoms with Gasteiger partial charge in [0.1, 0.15) is 17.5 Å². The molecule has 0 fully saturated rings. The van der Waals surface area contributed by atoms with Crippen LogP contribution < -0.4 is 5.73 Å². The number of anilines is 1. The molecule has 72 valence electrons. The molecule has 0 atom stereocenters. The molecule has 3 nitrogen and oxygen atoms in total. The quantitative estimate of drug-likeness (QED) is 0.753. The molecule has 1 heterocycles. The van der Waals surface area contributed by atoms with Crippen molar-refractivity contribution in [2.45, 2.75) is 0 Å². The van der Waals surface area contributed by atoms with Gasteiger partial charge in [-0.05, 0) is 12.1 Å². The molecule has 2 aromatic rings. The number of rotatable bonds is 1. The summed E-state index contributed by atoms with van der Waals surface area (Å²) < 4.78 is 26.9. The minimum absolute atomic E-state index is 0.301. The van der Waals surface area contributed by atoms with Crippen molar-refractivity contribution in [3.63, 3.8) is 0 Å². The van der Waals surface area contributed by atoms with Gasteiger partial charge >= 0.3 is 0 Å². The maximum atomic E-state index is 12.8. The summed E-state index contributed by atoms with van der Waals surface area (Å²) >= 11 is 0. The van der Waals surface area contributed by atoms with Crippen molar-refractivity contribution in [3.8, 4) is 5.69 Å². The smallest absolute Gasteiger partial charge is 0.145 e. The van der Waals surface area contributed by atoms with Crippen molar-refractivity contribution in [2.75, 3.05) is 5.73 Å². The van der Waals surface area contributed by atoms with Crippen LogP contribution in [0.25, 0.3) is 5.69 Å². The summed E-state index contributed by atoms with van der Waals surface area (Å²) in [6.07, 6.45) is 1.53. The number of nitrogens with two attached hydrogens (primary N) is 1. The summed E-state index contributed by atoms with van der Waals surface area (Å²) in [5, 5.41) is 3.82. The van der Waals surface area contributed by atoms with Gasteiger partial charge in [-0.1, -0.05) is 0 Å². The first-order chi connectivity index (χ1) is 6.65. The van der Waals surface area contributed by atoms with Gasteiger partial charge in [0.05, 0.1) is 5.69 Å². The Kier molecular flexibility index (Phi) is 1.92. The Morgan fingerprint density at radius 1 is 1.14 bits per heavy atom. The normalized spacial score (nSPS) is 10.4. The third kappa shape index (κ3) is 1.56. The molecule has 5 heteroatoms. The van der Waals surface area contributed by atoms with E-state index in [1.165, 1.54) is 23.0 Å². The number of hydrogen-bond acceptors (Lipinski definition) is 2. The Morgan fingerprint density at radius 2 is 1.79 bits per heavy atom. The lowest BCUT2D eigenvalue weighted by atomic mass is 10.3. The molecule has 0 unspecified atom stereocenters. The SMILES string of the molecule is Nc1ccn(-c2cc(F)cc(F)c2)n1. The van der Waals surface area contributed by atoms with Crippen LogP contribution in [0.3, 0.4) is 0 Å². The average Bonchev–Trinajstić information content (AvgIpc) is 2.50. The molecule has 14 heavy (non-hydrogen) atoms. The molecular weight excluding hydrogens is 188 g/mol. The Bertz CT molecular complexity index is 445. The molecule has 0 aliphatic carbocycles. The number of nitrogen functional groups attached to an aromatic ring is 1. The fourth-order valence-electron chi connectivity index (χ4n) is 1.15. The van der Waals surface area contributed by atoms with Crippen molar-refractivity contribution in [1.29, 1.82) is 0 Å². The molecule has 0 radical (unpaired) electrons. The molecule has 1 aromatic heterocycles. The summed E-state index contributed by atoms with van der Waals surface area (Å²) in [5.41, 5.74) is 5.68. The molecule has 2 rings (SSSR count). The largest absolute Gasteiger partial charge is 0.382 e. The van der Waals surface area contributed by atoms with E-state index in [1.54, 1.807) is 6.07 Å². The zero-order valence-electron chi connectivity index (χ0n) is 7.11. The zero-order chi connectivity index (χ0) is 10.1. The monoisotopic (exact) mass is 195 g/mol. The van der Waals surface area contributed by atoms with Crippen LogP contribution >= 0.6 is 0 Å². The maximum Gasteiger partial charge on any atom is 0.145 e. The van der Waals surface area contributed by atoms with Crippen LogP contribution in [-0.2, 0) is 0 Å². The predicted molar refractivity (Wildman–Crippen MR) is 47.9 cm³/mol. The first-order valence-electron chi connectivity index (χ1n) is 3.93. The fourth-order valence-corrected chi connectivity index (χ4v) is 1.15. The van der Waals surface area contributed by atoms with Gasteiger partial charge in [-0.15, -0.1) is 0 Å². The Hall–Kier alpha value is -1.91. The van der Waals surface area contributed by atoms with E-state index in [2.05, 4.69) is 5.10 Å². The molecule has 0 bridgehead atoms. The van der Waals surface area contributed by atoms with E-state index in [0.717, 1.165) is 6.07 Å². The minimum atomic E-state index is -0.644. The highest BCUT2D eigenvalue weighted by molar-refractivity contribution is 5.35. The van der Waals surface area contributed by atoms with Crippen LogP contribution in [0.2, 0.25) is 0 Å². The third-order valence-corrected chi connectivity index (χ3v) is 1.72. The number of benzene rings is 1. The van der Waals surface area contributed by atoms with Gasteiger partial charge < -0.3 is 5.73 Å². The van der Waals surface area contributed by atoms with E-state index >= 15 is 0 Å². The second kappa shape index (κ2) is 3.10. The Balaban J connectivity index is 2.51. The topological polar surface area (TPSA) is 43.8 Å². The fraction of sp³-hybridized carbons (Fsp3) is 0. The maximum absolute atomic E-state index is 12.8. The van der Waals surface area contributed by atoms with E-state index < -0.39 is 11.6 Å². The molecule has 0 amide bonds. The predicted octanol–water partition coefficient (Wildman–Crippen LogP) is 1.73. The Morgan fingerprint density at radius 3 is 2.29 bits per heavy atom. The van der Waals surface area contributed by atoms with E-state index in [9.17, 15) is 8.78 Å². The third-order valence-electron chi connectivity index (χ3n) is 1.72. The van der Waals surface area contributed by atoms with Crippen molar-refractivity contribution < 1.29 is 8.78 Å². The summed E-state index contributed by atoms with van der Waals surface area (Å²) in [5.74, 6) is -0.988. The van der Waals surface area contributed by atoms with Crippen LogP contribution in [0.4, 0.5) is 14.6 Å². The van der Waals surface area contributed by atoms with E-state index in [0.29, 0.717) is 11.5 Å². The molecule has 0 aliphatic heterocycles. The number of nitrogens with zero attached hydrogens (tertiary/aromatic N) is 2. The van der Waals surface area contributed by atoms with Crippen LogP contribution in [0.5, 0.6) is 0 Å². The number of aromatic nitrogens is 2. The van der Waals surface area contributed by atoms with Crippen molar-refractivity contribution >= 4 is 5.82 Å². The van der Waals surface area contributed by atoms with Crippen molar-refractivity contribution in [1.82, 2.24) is 9.78 Å². The van der Waals surface area contributed by atoms with Crippen LogP contribution in [0.1, 0.15) is 0 Å². The number of halogens is 2. The van der Waals surface area contributed by atoms with E-state index in [1.807, 2.05) is 0 Å². The van der Waals surface area contributed by atoms with E-state index in [-0.39, 0.29) is 0 Å². The number of hydrogen-bond donors (Lipinski definition) is 1. The second-order valence-corrected chi connectivity index (χ2v) is 2.81. The van der Waals surface area contributed by atoms with E-state index in [4.69, 9.17) is 5.73 Å². The first kappa shape index (κ1) is 8.68. The van der Waals surface area contributed by atoms with Gasteiger partial charge in [0.25, 0.3) is 0 Å². The molecule has 0 spiro atoms. The highest BCUT2D eigenvalue weighted by Gasteiger charge is 2.03. The molecule has 2 N–H and O–H groups in total. The van der Waals surface area contributed by atoms with Crippen molar-refractivity contribution in [3.05, 3.63) is 42.1 Å². The highest BCUT2D eigenvalue weighted by atomic mass is 19.1. The van der Waals surface area contributed by atoms with Crippen molar-refractivity contribution in [2.24, 2.45) is 0 Å². The highest BCUT2D eigenvalue weighted by Crippen LogP contribution is 2.12. The second-order valence-electron chi connectivity index (χ2n) is 2.81. The van der Waals surface area contributed by atoms with Gasteiger partial charge in [-0.25, -0.2) is 13.5 Å². The molecule has 0 aliphatic rings. The molecular formula is C9H7F2N3. The summed E-state index contributed by atoms with van der Waals surface area (Å²) in [6.45, 7) is 0. The van der Waals surface area contributed by atoms with Gasteiger partial charge in [-0.3, -0.25) is 0 Å². The van der Waals surface area contributed by atoms with Gasteiger partial charge in [-0.2, -0.15) is 5.10 Å². The van der Waals surface area contributed by atoms with Crippen LogP contribution in [-0.4, -0.2) is 9.78 Å². The zero-order valence-corrected chi connectivity index (χ0v) is 7.11. The van der Waals surface area contributed by atoms with Gasteiger partial charge in [0.2, 0.25) is 0 Å². The van der Waals surface area contributed by atoms with Crippen LogP contribution in [0.15, 0.2) is 30.5 Å². The lowest BCUT2D eigenvalue weighted by Gasteiger charge is -2.01. The van der Waals surface area contributed by atoms with Gasteiger partial charge in [0, 0.05) is 18.3 Å². The summed E-state index contributed by atoms with van der Waals surface area (Å²) in [4.78, 5) is 0. The summed E-state index contributed by atoms with van der Waals surface area (Å²) in [6, 6.07) is 4.70. The molecule has 1 aromatic carbocycles. The molecule has 0 saturated heterocycles. The first-order valence-corrected chi connectivity index (χ1v) is 3.93. The lowest BCUT2D eigenvalue weighted by molar-refractivity contribution is 0.580. The summed E-state index contributed by atoms with van der Waals surface area (Å²) in [7, 11) is 0. The average molecular weight is 195 g/mol.